The van der Waals surface area contributed by atoms with E-state index >= 15 is 0 Å². The van der Waals surface area contributed by atoms with Crippen molar-refractivity contribution in [2.75, 3.05) is 42.9 Å². The number of nitrogens with zero attached hydrogens (tertiary/aromatic N) is 6. The van der Waals surface area contributed by atoms with Gasteiger partial charge in [0.1, 0.15) is 5.82 Å². The number of anilines is 3. The number of rotatable bonds is 7. The minimum absolute atomic E-state index is 0.700. The van der Waals surface area contributed by atoms with Crippen LogP contribution in [-0.2, 0) is 0 Å². The normalized spacial score (nSPS) is 14.6. The molecule has 1 N–H and O–H groups in total. The summed E-state index contributed by atoms with van der Waals surface area (Å²) in [7, 11) is 0. The summed E-state index contributed by atoms with van der Waals surface area (Å²) < 4.78 is 1.89. The predicted molar refractivity (Wildman–Crippen MR) is 138 cm³/mol. The fourth-order valence-electron chi connectivity index (χ4n) is 4.11. The molecule has 3 heterocycles. The lowest BCUT2D eigenvalue weighted by Crippen LogP contribution is -2.46. The van der Waals surface area contributed by atoms with Gasteiger partial charge in [-0.25, -0.2) is 4.68 Å². The van der Waals surface area contributed by atoms with E-state index in [1.54, 1.807) is 0 Å². The molecule has 4 aromatic rings. The average molecular weight is 452 g/mol. The molecule has 172 valence electrons. The number of hydrogen-bond donors (Lipinski definition) is 1. The van der Waals surface area contributed by atoms with E-state index in [9.17, 15) is 0 Å². The average Bonchev–Trinajstić information content (AvgIpc) is 3.26. The van der Waals surface area contributed by atoms with Gasteiger partial charge in [0.2, 0.25) is 0 Å². The molecule has 34 heavy (non-hydrogen) atoms. The summed E-state index contributed by atoms with van der Waals surface area (Å²) in [4.78, 5) is 4.76. The highest BCUT2D eigenvalue weighted by Gasteiger charge is 2.17. The van der Waals surface area contributed by atoms with E-state index in [0.29, 0.717) is 5.82 Å². The first kappa shape index (κ1) is 21.9. The standard InChI is InChI=1S/C27H29N7/c1-22-21-27(34(31-22)24-12-6-3-7-13-24)28-25-14-15-26(30-29-25)33-19-17-32(18-20-33)16-8-11-23-9-4-2-5-10-23/h2-15,21H,16-20H2,1H3,(H,28,29). The summed E-state index contributed by atoms with van der Waals surface area (Å²) in [6.07, 6.45) is 4.43. The molecule has 1 fully saturated rings. The van der Waals surface area contributed by atoms with Crippen LogP contribution in [0.25, 0.3) is 11.8 Å². The zero-order chi connectivity index (χ0) is 23.2. The number of piperazine rings is 1. The van der Waals surface area contributed by atoms with Crippen molar-refractivity contribution in [1.29, 1.82) is 0 Å². The van der Waals surface area contributed by atoms with Crippen LogP contribution in [0, 0.1) is 6.92 Å². The van der Waals surface area contributed by atoms with Crippen molar-refractivity contribution in [1.82, 2.24) is 24.9 Å². The Kier molecular flexibility index (Phi) is 6.63. The maximum absolute atomic E-state index is 4.60. The van der Waals surface area contributed by atoms with E-state index in [2.05, 4.69) is 66.8 Å². The number of nitrogens with one attached hydrogen (secondary N) is 1. The van der Waals surface area contributed by atoms with Crippen LogP contribution >= 0.6 is 0 Å². The maximum Gasteiger partial charge on any atom is 0.154 e. The van der Waals surface area contributed by atoms with Crippen molar-refractivity contribution >= 4 is 23.5 Å². The van der Waals surface area contributed by atoms with Crippen molar-refractivity contribution < 1.29 is 0 Å². The molecule has 5 rings (SSSR count). The molecule has 1 saturated heterocycles. The second kappa shape index (κ2) is 10.3. The molecule has 0 radical (unpaired) electrons. The van der Waals surface area contributed by atoms with Gasteiger partial charge in [-0.15, -0.1) is 10.2 Å². The van der Waals surface area contributed by atoms with Crippen molar-refractivity contribution in [3.63, 3.8) is 0 Å². The Bertz CT molecular complexity index is 1210. The molecule has 7 heteroatoms. The fourth-order valence-corrected chi connectivity index (χ4v) is 4.11. The highest BCUT2D eigenvalue weighted by molar-refractivity contribution is 5.57. The fraction of sp³-hybridized carbons (Fsp3) is 0.222. The van der Waals surface area contributed by atoms with Gasteiger partial charge in [-0.05, 0) is 36.8 Å². The van der Waals surface area contributed by atoms with Gasteiger partial charge in [-0.2, -0.15) is 5.10 Å². The number of aromatic nitrogens is 4. The molecular weight excluding hydrogens is 422 g/mol. The predicted octanol–water partition coefficient (Wildman–Crippen LogP) is 4.55. The Hall–Kier alpha value is -3.97. The van der Waals surface area contributed by atoms with Crippen LogP contribution in [0.4, 0.5) is 17.5 Å². The monoisotopic (exact) mass is 451 g/mol. The van der Waals surface area contributed by atoms with Crippen molar-refractivity contribution in [2.45, 2.75) is 6.92 Å². The zero-order valence-corrected chi connectivity index (χ0v) is 19.4. The summed E-state index contributed by atoms with van der Waals surface area (Å²) >= 11 is 0. The molecule has 0 unspecified atom stereocenters. The molecule has 0 bridgehead atoms. The van der Waals surface area contributed by atoms with Crippen molar-refractivity contribution in [3.05, 3.63) is 96.2 Å². The number of hydrogen-bond acceptors (Lipinski definition) is 6. The van der Waals surface area contributed by atoms with E-state index < -0.39 is 0 Å². The van der Waals surface area contributed by atoms with E-state index in [-0.39, 0.29) is 0 Å². The van der Waals surface area contributed by atoms with Crippen LogP contribution in [0.3, 0.4) is 0 Å². The number of aryl methyl sites for hydroxylation is 1. The minimum atomic E-state index is 0.700. The first-order valence-corrected chi connectivity index (χ1v) is 11.7. The van der Waals surface area contributed by atoms with Gasteiger partial charge < -0.3 is 10.2 Å². The molecular formula is C27H29N7. The van der Waals surface area contributed by atoms with Crippen LogP contribution in [0.1, 0.15) is 11.3 Å². The Balaban J connectivity index is 1.16. The molecule has 0 aliphatic carbocycles. The van der Waals surface area contributed by atoms with Gasteiger partial charge in [0, 0.05) is 38.8 Å². The molecule has 2 aromatic heterocycles. The third-order valence-corrected chi connectivity index (χ3v) is 5.91. The molecule has 7 nitrogen and oxygen atoms in total. The van der Waals surface area contributed by atoms with Gasteiger partial charge in [-0.1, -0.05) is 60.7 Å². The van der Waals surface area contributed by atoms with Crippen LogP contribution < -0.4 is 10.2 Å². The van der Waals surface area contributed by atoms with Crippen molar-refractivity contribution in [2.24, 2.45) is 0 Å². The van der Waals surface area contributed by atoms with E-state index in [0.717, 1.165) is 55.7 Å². The highest BCUT2D eigenvalue weighted by Crippen LogP contribution is 2.21. The van der Waals surface area contributed by atoms with Gasteiger partial charge in [0.05, 0.1) is 11.4 Å². The second-order valence-corrected chi connectivity index (χ2v) is 8.42. The topological polar surface area (TPSA) is 62.1 Å². The lowest BCUT2D eigenvalue weighted by Gasteiger charge is -2.34. The number of benzene rings is 2. The third-order valence-electron chi connectivity index (χ3n) is 5.91. The first-order valence-electron chi connectivity index (χ1n) is 11.7. The lowest BCUT2D eigenvalue weighted by molar-refractivity contribution is 0.283. The van der Waals surface area contributed by atoms with Crippen LogP contribution in [0.2, 0.25) is 0 Å². The molecule has 2 aromatic carbocycles. The Labute approximate surface area is 200 Å². The van der Waals surface area contributed by atoms with Crippen LogP contribution in [0.5, 0.6) is 0 Å². The highest BCUT2D eigenvalue weighted by atomic mass is 15.4. The summed E-state index contributed by atoms with van der Waals surface area (Å²) in [5.41, 5.74) is 3.18. The summed E-state index contributed by atoms with van der Waals surface area (Å²) in [6.45, 7) is 6.86. The van der Waals surface area contributed by atoms with E-state index in [1.807, 2.05) is 66.2 Å². The van der Waals surface area contributed by atoms with Gasteiger partial charge in [-0.3, -0.25) is 4.90 Å². The number of para-hydroxylation sites is 1. The molecule has 0 amide bonds. The first-order chi connectivity index (χ1) is 16.7. The summed E-state index contributed by atoms with van der Waals surface area (Å²) in [5.74, 6) is 2.48. The zero-order valence-electron chi connectivity index (χ0n) is 19.4. The molecule has 1 aliphatic heterocycles. The van der Waals surface area contributed by atoms with Gasteiger partial charge >= 0.3 is 0 Å². The Morgan fingerprint density at radius 2 is 1.59 bits per heavy atom. The van der Waals surface area contributed by atoms with Gasteiger partial charge in [0.15, 0.2) is 11.6 Å². The van der Waals surface area contributed by atoms with Crippen LogP contribution in [0.15, 0.2) is 84.9 Å². The Morgan fingerprint density at radius 1 is 0.853 bits per heavy atom. The lowest BCUT2D eigenvalue weighted by atomic mass is 10.2. The van der Waals surface area contributed by atoms with E-state index in [1.165, 1.54) is 5.56 Å². The maximum atomic E-state index is 4.60. The summed E-state index contributed by atoms with van der Waals surface area (Å²) in [5, 5.41) is 16.9. The molecule has 0 spiro atoms. The van der Waals surface area contributed by atoms with Gasteiger partial charge in [0.25, 0.3) is 0 Å². The smallest absolute Gasteiger partial charge is 0.154 e. The SMILES string of the molecule is Cc1cc(Nc2ccc(N3CCN(CC=Cc4ccccc4)CC3)nn2)n(-c2ccccc2)n1. The quantitative estimate of drug-likeness (QED) is 0.445. The largest absolute Gasteiger partial charge is 0.353 e. The second-order valence-electron chi connectivity index (χ2n) is 8.42. The van der Waals surface area contributed by atoms with Crippen molar-refractivity contribution in [3.8, 4) is 5.69 Å². The van der Waals surface area contributed by atoms with E-state index in [4.69, 9.17) is 0 Å². The Morgan fingerprint density at radius 3 is 2.29 bits per heavy atom. The van der Waals surface area contributed by atoms with Crippen LogP contribution in [-0.4, -0.2) is 57.6 Å². The summed E-state index contributed by atoms with van der Waals surface area (Å²) in [6, 6.07) is 26.5. The third kappa shape index (κ3) is 5.32. The molecule has 0 atom stereocenters. The molecule has 0 saturated carbocycles. The minimum Gasteiger partial charge on any atom is -0.353 e. The molecule has 1 aliphatic rings.